The second kappa shape index (κ2) is 2.23. The van der Waals surface area contributed by atoms with Crippen LogP contribution in [-0.4, -0.2) is 11.7 Å². The molecule has 0 amide bonds. The van der Waals surface area contributed by atoms with Crippen molar-refractivity contribution in [2.75, 3.05) is 5.88 Å². The number of Topliss-reactive ketones (excluding diaryl/α,β-unsaturated/α-hetero) is 1. The zero-order valence-corrected chi connectivity index (χ0v) is 6.60. The van der Waals surface area contributed by atoms with Crippen molar-refractivity contribution < 1.29 is 4.79 Å². The van der Waals surface area contributed by atoms with Crippen LogP contribution >= 0.6 is 11.6 Å². The van der Waals surface area contributed by atoms with Crippen LogP contribution in [0.5, 0.6) is 0 Å². The lowest BCUT2D eigenvalue weighted by Gasteiger charge is -2.16. The number of hydrogen-bond acceptors (Lipinski definition) is 1. The van der Waals surface area contributed by atoms with Gasteiger partial charge in [-0.2, -0.15) is 0 Å². The number of hydrogen-bond donors (Lipinski definition) is 0. The molecule has 2 heteroatoms. The first-order valence-corrected chi connectivity index (χ1v) is 4.46. The van der Waals surface area contributed by atoms with Crippen molar-refractivity contribution in [2.24, 2.45) is 17.8 Å². The first kappa shape index (κ1) is 6.66. The molecule has 0 saturated heterocycles. The van der Waals surface area contributed by atoms with Gasteiger partial charge in [-0.15, -0.1) is 11.6 Å². The predicted octanol–water partition coefficient (Wildman–Crippen LogP) is 1.84. The Morgan fingerprint density at radius 3 is 2.70 bits per heavy atom. The molecule has 0 spiro atoms. The molecule has 2 saturated carbocycles. The highest BCUT2D eigenvalue weighted by molar-refractivity contribution is 6.19. The maximum Gasteiger partial charge on any atom is 0.140 e. The summed E-state index contributed by atoms with van der Waals surface area (Å²) in [7, 11) is 0. The molecule has 0 aromatic carbocycles. The van der Waals surface area contributed by atoms with Gasteiger partial charge in [0.15, 0.2) is 0 Å². The van der Waals surface area contributed by atoms with E-state index >= 15 is 0 Å². The third-order valence-electron chi connectivity index (χ3n) is 2.98. The summed E-state index contributed by atoms with van der Waals surface area (Å²) in [5, 5.41) is 0. The van der Waals surface area contributed by atoms with Gasteiger partial charge in [-0.05, 0) is 25.2 Å². The van der Waals surface area contributed by atoms with Crippen molar-refractivity contribution in [3.05, 3.63) is 0 Å². The molecule has 0 N–H and O–H groups in total. The van der Waals surface area contributed by atoms with E-state index in [1.165, 1.54) is 6.42 Å². The average Bonchev–Trinajstić information content (AvgIpc) is 2.46. The molecule has 3 unspecified atom stereocenters. The van der Waals surface area contributed by atoms with Crippen LogP contribution in [-0.2, 0) is 4.79 Å². The molecule has 1 nitrogen and oxygen atoms in total. The molecule has 0 aromatic heterocycles. The van der Waals surface area contributed by atoms with Gasteiger partial charge in [-0.1, -0.05) is 0 Å². The molecule has 2 aliphatic rings. The molecule has 0 aliphatic heterocycles. The third kappa shape index (κ3) is 0.731. The second-order valence-corrected chi connectivity index (χ2v) is 3.74. The van der Waals surface area contributed by atoms with Crippen LogP contribution in [0.15, 0.2) is 0 Å². The van der Waals surface area contributed by atoms with Crippen molar-refractivity contribution >= 4 is 17.4 Å². The fourth-order valence-electron chi connectivity index (χ4n) is 2.38. The van der Waals surface area contributed by atoms with Crippen molar-refractivity contribution in [3.8, 4) is 0 Å². The van der Waals surface area contributed by atoms with Crippen LogP contribution in [0.25, 0.3) is 0 Å². The van der Waals surface area contributed by atoms with E-state index in [9.17, 15) is 4.79 Å². The predicted molar refractivity (Wildman–Crippen MR) is 40.0 cm³/mol. The van der Waals surface area contributed by atoms with Gasteiger partial charge < -0.3 is 0 Å². The Kier molecular flexibility index (Phi) is 1.48. The van der Waals surface area contributed by atoms with E-state index in [1.54, 1.807) is 0 Å². The Labute approximate surface area is 65.7 Å². The highest BCUT2D eigenvalue weighted by Crippen LogP contribution is 2.46. The summed E-state index contributed by atoms with van der Waals surface area (Å²) < 4.78 is 0. The smallest absolute Gasteiger partial charge is 0.140 e. The fraction of sp³-hybridized carbons (Fsp3) is 0.875. The number of halogens is 1. The highest BCUT2D eigenvalue weighted by atomic mass is 35.5. The van der Waals surface area contributed by atoms with Crippen LogP contribution in [0.3, 0.4) is 0 Å². The van der Waals surface area contributed by atoms with Gasteiger partial charge in [-0.25, -0.2) is 0 Å². The zero-order valence-electron chi connectivity index (χ0n) is 5.85. The van der Waals surface area contributed by atoms with E-state index in [0.717, 1.165) is 12.8 Å². The van der Waals surface area contributed by atoms with E-state index in [-0.39, 0.29) is 5.92 Å². The molecule has 2 fully saturated rings. The monoisotopic (exact) mass is 158 g/mol. The van der Waals surface area contributed by atoms with Crippen LogP contribution in [0, 0.1) is 17.8 Å². The Bertz CT molecular complexity index is 167. The maximum atomic E-state index is 11.3. The van der Waals surface area contributed by atoms with Gasteiger partial charge in [0.05, 0.1) is 0 Å². The van der Waals surface area contributed by atoms with E-state index < -0.39 is 0 Å². The fourth-order valence-corrected chi connectivity index (χ4v) is 2.78. The lowest BCUT2D eigenvalue weighted by Crippen LogP contribution is -2.23. The van der Waals surface area contributed by atoms with Gasteiger partial charge in [0.25, 0.3) is 0 Å². The lowest BCUT2D eigenvalue weighted by molar-refractivity contribution is -0.125. The van der Waals surface area contributed by atoms with Gasteiger partial charge in [-0.3, -0.25) is 4.79 Å². The van der Waals surface area contributed by atoms with Crippen LogP contribution in [0.4, 0.5) is 0 Å². The topological polar surface area (TPSA) is 17.1 Å². The van der Waals surface area contributed by atoms with E-state index in [0.29, 0.717) is 23.5 Å². The summed E-state index contributed by atoms with van der Waals surface area (Å²) in [5.41, 5.74) is 0. The SMILES string of the molecule is O=C1C2CCC(C2)C1CCl. The Hall–Kier alpha value is -0.0400. The molecular weight excluding hydrogens is 148 g/mol. The number of carbonyl (C=O) groups excluding carboxylic acids is 1. The van der Waals surface area contributed by atoms with Crippen LogP contribution in [0.2, 0.25) is 0 Å². The molecule has 56 valence electrons. The van der Waals surface area contributed by atoms with Crippen LogP contribution in [0.1, 0.15) is 19.3 Å². The second-order valence-electron chi connectivity index (χ2n) is 3.43. The zero-order chi connectivity index (χ0) is 7.14. The van der Waals surface area contributed by atoms with Gasteiger partial charge in [0, 0.05) is 17.7 Å². The first-order valence-electron chi connectivity index (χ1n) is 3.92. The normalized spacial score (nSPS) is 44.9. The number of ketones is 1. The van der Waals surface area contributed by atoms with Gasteiger partial charge in [0.1, 0.15) is 5.78 Å². The van der Waals surface area contributed by atoms with E-state index in [1.807, 2.05) is 0 Å². The highest BCUT2D eigenvalue weighted by Gasteiger charge is 2.45. The van der Waals surface area contributed by atoms with Crippen molar-refractivity contribution in [3.63, 3.8) is 0 Å². The lowest BCUT2D eigenvalue weighted by atomic mass is 9.89. The van der Waals surface area contributed by atoms with Gasteiger partial charge >= 0.3 is 0 Å². The maximum absolute atomic E-state index is 11.3. The van der Waals surface area contributed by atoms with Crippen molar-refractivity contribution in [1.29, 1.82) is 0 Å². The molecule has 10 heavy (non-hydrogen) atoms. The van der Waals surface area contributed by atoms with Crippen molar-refractivity contribution in [1.82, 2.24) is 0 Å². The molecule has 0 aromatic rings. The molecule has 2 bridgehead atoms. The number of fused-ring (bicyclic) bond motifs is 2. The molecular formula is C8H11ClO. The molecule has 0 radical (unpaired) electrons. The minimum Gasteiger partial charge on any atom is -0.299 e. The molecule has 2 rings (SSSR count). The Morgan fingerprint density at radius 1 is 1.50 bits per heavy atom. The number of carbonyl (C=O) groups is 1. The Morgan fingerprint density at radius 2 is 2.30 bits per heavy atom. The number of alkyl halides is 1. The molecule has 0 heterocycles. The molecule has 3 atom stereocenters. The average molecular weight is 159 g/mol. The summed E-state index contributed by atoms with van der Waals surface area (Å²) in [6.07, 6.45) is 3.51. The first-order chi connectivity index (χ1) is 4.83. The minimum atomic E-state index is 0.223. The van der Waals surface area contributed by atoms with E-state index in [2.05, 4.69) is 0 Å². The third-order valence-corrected chi connectivity index (χ3v) is 3.31. The van der Waals surface area contributed by atoms with Crippen LogP contribution < -0.4 is 0 Å². The molecule has 2 aliphatic carbocycles. The largest absolute Gasteiger partial charge is 0.299 e. The summed E-state index contributed by atoms with van der Waals surface area (Å²) in [6, 6.07) is 0. The summed E-state index contributed by atoms with van der Waals surface area (Å²) >= 11 is 5.68. The number of rotatable bonds is 1. The Balaban J connectivity index is 2.17. The summed E-state index contributed by atoms with van der Waals surface area (Å²) in [6.45, 7) is 0. The van der Waals surface area contributed by atoms with Crippen molar-refractivity contribution in [2.45, 2.75) is 19.3 Å². The minimum absolute atomic E-state index is 0.223. The summed E-state index contributed by atoms with van der Waals surface area (Å²) in [5.74, 6) is 2.27. The van der Waals surface area contributed by atoms with E-state index in [4.69, 9.17) is 11.6 Å². The summed E-state index contributed by atoms with van der Waals surface area (Å²) in [4.78, 5) is 11.3. The standard InChI is InChI=1S/C8H11ClO/c9-4-7-5-1-2-6(3-5)8(7)10/h5-7H,1-4H2. The quantitative estimate of drug-likeness (QED) is 0.533. The van der Waals surface area contributed by atoms with Gasteiger partial charge in [0.2, 0.25) is 0 Å².